The lowest BCUT2D eigenvalue weighted by atomic mass is 10.0. The van der Waals surface area contributed by atoms with Gasteiger partial charge < -0.3 is 5.11 Å². The largest absolute Gasteiger partial charge is 0.396 e. The fourth-order valence-corrected chi connectivity index (χ4v) is 2.11. The summed E-state index contributed by atoms with van der Waals surface area (Å²) in [6, 6.07) is 0. The van der Waals surface area contributed by atoms with Gasteiger partial charge in [-0.1, -0.05) is 13.8 Å². The molecule has 15 heavy (non-hydrogen) atoms. The zero-order valence-corrected chi connectivity index (χ0v) is 9.48. The second-order valence-corrected chi connectivity index (χ2v) is 4.73. The van der Waals surface area contributed by atoms with E-state index in [1.807, 2.05) is 4.68 Å². The number of rotatable bonds is 3. The Kier molecular flexibility index (Phi) is 3.05. The topological polar surface area (TPSA) is 50.9 Å². The lowest BCUT2D eigenvalue weighted by Crippen LogP contribution is -2.19. The van der Waals surface area contributed by atoms with E-state index in [-0.39, 0.29) is 12.5 Å². The van der Waals surface area contributed by atoms with E-state index in [4.69, 9.17) is 0 Å². The molecule has 1 aliphatic heterocycles. The first kappa shape index (κ1) is 10.6. The van der Waals surface area contributed by atoms with Crippen LogP contribution in [0.3, 0.4) is 0 Å². The first-order valence-electron chi connectivity index (χ1n) is 5.75. The maximum Gasteiger partial charge on any atom is 0.151 e. The van der Waals surface area contributed by atoms with Gasteiger partial charge in [-0.05, 0) is 18.8 Å². The summed E-state index contributed by atoms with van der Waals surface area (Å²) in [6.07, 6.45) is 3.07. The summed E-state index contributed by atoms with van der Waals surface area (Å²) >= 11 is 0. The van der Waals surface area contributed by atoms with Crippen molar-refractivity contribution < 1.29 is 5.11 Å². The molecule has 2 rings (SSSR count). The molecule has 1 N–H and O–H groups in total. The van der Waals surface area contributed by atoms with Crippen LogP contribution in [0.4, 0.5) is 0 Å². The predicted octanol–water partition coefficient (Wildman–Crippen LogP) is 1.35. The van der Waals surface area contributed by atoms with Gasteiger partial charge in [0, 0.05) is 18.9 Å². The molecular formula is C11H19N3O. The maximum absolute atomic E-state index is 9.25. The average molecular weight is 209 g/mol. The Hall–Kier alpha value is -0.900. The van der Waals surface area contributed by atoms with Gasteiger partial charge in [0.1, 0.15) is 5.82 Å². The molecule has 0 aromatic carbocycles. The molecule has 1 unspecified atom stereocenters. The van der Waals surface area contributed by atoms with Gasteiger partial charge >= 0.3 is 0 Å². The van der Waals surface area contributed by atoms with E-state index in [9.17, 15) is 5.11 Å². The highest BCUT2D eigenvalue weighted by molar-refractivity contribution is 5.03. The van der Waals surface area contributed by atoms with E-state index in [0.717, 1.165) is 37.5 Å². The summed E-state index contributed by atoms with van der Waals surface area (Å²) in [5.41, 5.74) is 0. The van der Waals surface area contributed by atoms with E-state index in [1.165, 1.54) is 0 Å². The quantitative estimate of drug-likeness (QED) is 0.817. The molecule has 0 amide bonds. The number of fused-ring (bicyclic) bond motifs is 1. The van der Waals surface area contributed by atoms with Gasteiger partial charge in [0.05, 0.1) is 6.61 Å². The van der Waals surface area contributed by atoms with Crippen LogP contribution < -0.4 is 0 Å². The fraction of sp³-hybridized carbons (Fsp3) is 0.818. The van der Waals surface area contributed by atoms with Crippen molar-refractivity contribution in [3.05, 3.63) is 11.6 Å². The van der Waals surface area contributed by atoms with Gasteiger partial charge in [-0.15, -0.1) is 0 Å². The molecule has 0 radical (unpaired) electrons. The lowest BCUT2D eigenvalue weighted by molar-refractivity contribution is 0.234. The van der Waals surface area contributed by atoms with Crippen LogP contribution in [0.5, 0.6) is 0 Å². The van der Waals surface area contributed by atoms with E-state index in [1.54, 1.807) is 0 Å². The van der Waals surface area contributed by atoms with Crippen molar-refractivity contribution in [2.45, 2.75) is 45.6 Å². The van der Waals surface area contributed by atoms with Gasteiger partial charge in [-0.25, -0.2) is 9.67 Å². The first-order valence-corrected chi connectivity index (χ1v) is 5.75. The van der Waals surface area contributed by atoms with Crippen molar-refractivity contribution in [3.63, 3.8) is 0 Å². The zero-order chi connectivity index (χ0) is 10.8. The highest BCUT2D eigenvalue weighted by Gasteiger charge is 2.23. The molecule has 1 atom stereocenters. The van der Waals surface area contributed by atoms with Crippen molar-refractivity contribution in [3.8, 4) is 0 Å². The monoisotopic (exact) mass is 209 g/mol. The minimum absolute atomic E-state index is 0.194. The smallest absolute Gasteiger partial charge is 0.151 e. The lowest BCUT2D eigenvalue weighted by Gasteiger charge is -2.19. The summed E-state index contributed by atoms with van der Waals surface area (Å²) in [5.74, 6) is 2.70. The van der Waals surface area contributed by atoms with Crippen molar-refractivity contribution in [1.29, 1.82) is 0 Å². The summed E-state index contributed by atoms with van der Waals surface area (Å²) in [4.78, 5) is 4.54. The molecule has 0 bridgehead atoms. The van der Waals surface area contributed by atoms with Crippen LogP contribution in [0.1, 0.15) is 44.3 Å². The number of nitrogens with zero attached hydrogens (tertiary/aromatic N) is 3. The fourth-order valence-electron chi connectivity index (χ4n) is 2.11. The van der Waals surface area contributed by atoms with Crippen molar-refractivity contribution in [2.75, 3.05) is 6.61 Å². The van der Waals surface area contributed by atoms with Crippen LogP contribution in [0.15, 0.2) is 0 Å². The molecule has 84 valence electrons. The predicted molar refractivity (Wildman–Crippen MR) is 57.6 cm³/mol. The van der Waals surface area contributed by atoms with Crippen molar-refractivity contribution in [2.24, 2.45) is 5.92 Å². The molecule has 4 heteroatoms. The van der Waals surface area contributed by atoms with Gasteiger partial charge in [0.15, 0.2) is 5.82 Å². The molecule has 0 saturated carbocycles. The third-order valence-corrected chi connectivity index (χ3v) is 2.84. The molecule has 0 fully saturated rings. The number of hydrogen-bond acceptors (Lipinski definition) is 3. The number of aryl methyl sites for hydroxylation is 1. The molecule has 4 nitrogen and oxygen atoms in total. The Morgan fingerprint density at radius 2 is 2.33 bits per heavy atom. The number of aromatic nitrogens is 3. The molecule has 1 aromatic heterocycles. The first-order chi connectivity index (χ1) is 7.20. The minimum Gasteiger partial charge on any atom is -0.396 e. The van der Waals surface area contributed by atoms with Crippen LogP contribution in [0.25, 0.3) is 0 Å². The van der Waals surface area contributed by atoms with E-state index in [0.29, 0.717) is 5.92 Å². The highest BCUT2D eigenvalue weighted by atomic mass is 16.3. The van der Waals surface area contributed by atoms with Crippen LogP contribution in [0, 0.1) is 5.92 Å². The third-order valence-electron chi connectivity index (χ3n) is 2.84. The maximum atomic E-state index is 9.25. The van der Waals surface area contributed by atoms with Gasteiger partial charge in [-0.3, -0.25) is 0 Å². The van der Waals surface area contributed by atoms with E-state index >= 15 is 0 Å². The van der Waals surface area contributed by atoms with Crippen molar-refractivity contribution >= 4 is 0 Å². The number of aliphatic hydroxyl groups is 1. The van der Waals surface area contributed by atoms with Crippen LogP contribution in [-0.2, 0) is 13.0 Å². The Morgan fingerprint density at radius 3 is 3.00 bits per heavy atom. The van der Waals surface area contributed by atoms with Crippen LogP contribution in [0.2, 0.25) is 0 Å². The average Bonchev–Trinajstić information content (AvgIpc) is 2.58. The Morgan fingerprint density at radius 1 is 1.53 bits per heavy atom. The van der Waals surface area contributed by atoms with Crippen molar-refractivity contribution in [1.82, 2.24) is 14.8 Å². The molecule has 1 aliphatic rings. The normalized spacial score (nSPS) is 20.7. The highest BCUT2D eigenvalue weighted by Crippen LogP contribution is 2.25. The number of aliphatic hydroxyl groups excluding tert-OH is 1. The van der Waals surface area contributed by atoms with Crippen LogP contribution >= 0.6 is 0 Å². The molecule has 1 aromatic rings. The van der Waals surface area contributed by atoms with Gasteiger partial charge in [-0.2, -0.15) is 5.10 Å². The summed E-state index contributed by atoms with van der Waals surface area (Å²) in [6.45, 7) is 5.49. The Labute approximate surface area is 90.3 Å². The second kappa shape index (κ2) is 4.31. The van der Waals surface area contributed by atoms with E-state index in [2.05, 4.69) is 23.9 Å². The van der Waals surface area contributed by atoms with E-state index < -0.39 is 0 Å². The summed E-state index contributed by atoms with van der Waals surface area (Å²) in [5, 5.41) is 13.7. The molecule has 2 heterocycles. The second-order valence-electron chi connectivity index (χ2n) is 4.73. The van der Waals surface area contributed by atoms with Gasteiger partial charge in [0.25, 0.3) is 0 Å². The minimum atomic E-state index is 0.194. The standard InChI is InChI=1S/C11H19N3O/c1-8(2)6-10-12-11-9(7-15)4-3-5-14(11)13-10/h8-9,15H,3-7H2,1-2H3. The molecule has 0 spiro atoms. The SMILES string of the molecule is CC(C)Cc1nc2n(n1)CCCC2CO. The van der Waals surface area contributed by atoms with Gasteiger partial charge in [0.2, 0.25) is 0 Å². The Bertz CT molecular complexity index is 333. The van der Waals surface area contributed by atoms with Crippen LogP contribution in [-0.4, -0.2) is 26.5 Å². The number of hydrogen-bond donors (Lipinski definition) is 1. The zero-order valence-electron chi connectivity index (χ0n) is 9.48. The molecule has 0 aliphatic carbocycles. The summed E-state index contributed by atoms with van der Waals surface area (Å²) < 4.78 is 1.97. The Balaban J connectivity index is 2.21. The summed E-state index contributed by atoms with van der Waals surface area (Å²) in [7, 11) is 0. The molecule has 0 saturated heterocycles. The molecular weight excluding hydrogens is 190 g/mol. The third kappa shape index (κ3) is 2.20.